The van der Waals surface area contributed by atoms with Crippen molar-refractivity contribution in [2.75, 3.05) is 0 Å². The first-order chi connectivity index (χ1) is 7.75. The number of hydrogen-bond donors (Lipinski definition) is 2. The zero-order valence-electron chi connectivity index (χ0n) is 8.34. The zero-order valence-corrected chi connectivity index (χ0v) is 8.34. The molecule has 6 nitrogen and oxygen atoms in total. The Balaban J connectivity index is 1.83. The van der Waals surface area contributed by atoms with E-state index < -0.39 is 5.97 Å². The number of carboxylic acids is 1. The molecule has 2 aromatic rings. The summed E-state index contributed by atoms with van der Waals surface area (Å²) in [6.07, 6.45) is 2.78. The summed E-state index contributed by atoms with van der Waals surface area (Å²) in [5.41, 5.74) is 0.150. The third-order valence-electron chi connectivity index (χ3n) is 1.99. The van der Waals surface area contributed by atoms with Crippen LogP contribution in [0.15, 0.2) is 33.5 Å². The van der Waals surface area contributed by atoms with Crippen molar-refractivity contribution >= 4 is 5.97 Å². The highest BCUT2D eigenvalue weighted by atomic mass is 16.5. The minimum absolute atomic E-state index is 0.150. The van der Waals surface area contributed by atoms with E-state index in [-0.39, 0.29) is 5.56 Å². The van der Waals surface area contributed by atoms with Crippen LogP contribution in [0.1, 0.15) is 21.9 Å². The Morgan fingerprint density at radius 2 is 2.25 bits per heavy atom. The van der Waals surface area contributed by atoms with Gasteiger partial charge in [0.2, 0.25) is 0 Å². The molecule has 2 rings (SSSR count). The van der Waals surface area contributed by atoms with Crippen molar-refractivity contribution < 1.29 is 18.8 Å². The summed E-state index contributed by atoms with van der Waals surface area (Å²) in [7, 11) is 0. The van der Waals surface area contributed by atoms with Crippen molar-refractivity contribution in [3.8, 4) is 0 Å². The summed E-state index contributed by atoms with van der Waals surface area (Å²) in [5.74, 6) is 0.284. The van der Waals surface area contributed by atoms with Crippen molar-refractivity contribution in [3.63, 3.8) is 0 Å². The third kappa shape index (κ3) is 2.48. The average Bonchev–Trinajstić information content (AvgIpc) is 2.87. The molecule has 0 saturated carbocycles. The van der Waals surface area contributed by atoms with Crippen LogP contribution in [0.5, 0.6) is 0 Å². The molecule has 0 aliphatic heterocycles. The lowest BCUT2D eigenvalue weighted by molar-refractivity contribution is 0.0696. The number of aromatic carboxylic acids is 1. The fraction of sp³-hybridized carbons (Fsp3) is 0.200. The van der Waals surface area contributed by atoms with Crippen LogP contribution in [0.2, 0.25) is 0 Å². The van der Waals surface area contributed by atoms with E-state index in [4.69, 9.17) is 14.0 Å². The van der Waals surface area contributed by atoms with Gasteiger partial charge in [-0.05, 0) is 6.07 Å². The molecule has 16 heavy (non-hydrogen) atoms. The Bertz CT molecular complexity index is 461. The molecule has 0 amide bonds. The van der Waals surface area contributed by atoms with Crippen molar-refractivity contribution in [2.24, 2.45) is 0 Å². The maximum absolute atomic E-state index is 10.6. The molecular weight excluding hydrogens is 212 g/mol. The van der Waals surface area contributed by atoms with Gasteiger partial charge in [0.1, 0.15) is 17.8 Å². The highest BCUT2D eigenvalue weighted by Gasteiger charge is 2.07. The van der Waals surface area contributed by atoms with Crippen LogP contribution in [0.4, 0.5) is 0 Å². The van der Waals surface area contributed by atoms with Gasteiger partial charge in [-0.1, -0.05) is 5.16 Å². The number of nitrogens with one attached hydrogen (secondary N) is 1. The molecule has 0 spiro atoms. The molecule has 0 atom stereocenters. The number of carboxylic acid groups (broad SMARTS) is 1. The van der Waals surface area contributed by atoms with E-state index in [9.17, 15) is 4.79 Å². The fourth-order valence-electron chi connectivity index (χ4n) is 1.23. The summed E-state index contributed by atoms with van der Waals surface area (Å²) < 4.78 is 9.93. The Hall–Kier alpha value is -2.08. The maximum Gasteiger partial charge on any atom is 0.338 e. The number of aromatic nitrogens is 1. The number of nitrogens with zero attached hydrogens (tertiary/aromatic N) is 1. The van der Waals surface area contributed by atoms with Crippen LogP contribution in [-0.4, -0.2) is 16.2 Å². The molecule has 2 heterocycles. The topological polar surface area (TPSA) is 88.5 Å². The van der Waals surface area contributed by atoms with Gasteiger partial charge in [0, 0.05) is 6.07 Å². The second-order valence-electron chi connectivity index (χ2n) is 3.19. The van der Waals surface area contributed by atoms with Gasteiger partial charge in [0.15, 0.2) is 0 Å². The van der Waals surface area contributed by atoms with Gasteiger partial charge in [-0.25, -0.2) is 4.79 Å². The fourth-order valence-corrected chi connectivity index (χ4v) is 1.23. The van der Waals surface area contributed by atoms with Crippen LogP contribution >= 0.6 is 0 Å². The van der Waals surface area contributed by atoms with Gasteiger partial charge in [0.25, 0.3) is 0 Å². The van der Waals surface area contributed by atoms with Crippen molar-refractivity contribution in [3.05, 3.63) is 41.7 Å². The van der Waals surface area contributed by atoms with Gasteiger partial charge in [-0.15, -0.1) is 0 Å². The normalized spacial score (nSPS) is 10.5. The lowest BCUT2D eigenvalue weighted by Crippen LogP contribution is -2.11. The molecule has 0 bridgehead atoms. The van der Waals surface area contributed by atoms with Crippen molar-refractivity contribution in [1.82, 2.24) is 10.5 Å². The second-order valence-corrected chi connectivity index (χ2v) is 3.19. The molecule has 2 aromatic heterocycles. The first-order valence-corrected chi connectivity index (χ1v) is 4.66. The molecule has 0 radical (unpaired) electrons. The van der Waals surface area contributed by atoms with E-state index in [1.807, 2.05) is 0 Å². The summed E-state index contributed by atoms with van der Waals surface area (Å²) in [6.45, 7) is 0.955. The van der Waals surface area contributed by atoms with Crippen LogP contribution < -0.4 is 5.32 Å². The monoisotopic (exact) mass is 222 g/mol. The summed E-state index contributed by atoms with van der Waals surface area (Å²) in [5, 5.41) is 15.3. The number of carbonyl (C=O) groups is 1. The Morgan fingerprint density at radius 3 is 2.88 bits per heavy atom. The first-order valence-electron chi connectivity index (χ1n) is 4.66. The summed E-state index contributed by atoms with van der Waals surface area (Å²) >= 11 is 0. The standard InChI is InChI=1S/C10H10N2O4/c13-10(14)7-3-9(15-6-7)5-11-4-8-1-2-12-16-8/h1-3,6,11H,4-5H2,(H,13,14). The predicted molar refractivity (Wildman–Crippen MR) is 52.7 cm³/mol. The van der Waals surface area contributed by atoms with Gasteiger partial charge in [0.05, 0.1) is 24.8 Å². The second kappa shape index (κ2) is 4.63. The Labute approximate surface area is 90.8 Å². The maximum atomic E-state index is 10.6. The van der Waals surface area contributed by atoms with E-state index in [0.29, 0.717) is 24.6 Å². The molecule has 6 heteroatoms. The smallest absolute Gasteiger partial charge is 0.338 e. The SMILES string of the molecule is O=C(O)c1coc(CNCc2ccno2)c1. The van der Waals surface area contributed by atoms with Crippen LogP contribution in [0.3, 0.4) is 0 Å². The van der Waals surface area contributed by atoms with Crippen LogP contribution in [-0.2, 0) is 13.1 Å². The van der Waals surface area contributed by atoms with Crippen molar-refractivity contribution in [2.45, 2.75) is 13.1 Å². The summed E-state index contributed by atoms with van der Waals surface area (Å²) in [4.78, 5) is 10.6. The number of hydrogen-bond acceptors (Lipinski definition) is 5. The molecule has 84 valence electrons. The molecule has 0 saturated heterocycles. The minimum atomic E-state index is -0.995. The third-order valence-corrected chi connectivity index (χ3v) is 1.99. The van der Waals surface area contributed by atoms with Crippen LogP contribution in [0.25, 0.3) is 0 Å². The molecule has 0 fully saturated rings. The quantitative estimate of drug-likeness (QED) is 0.791. The van der Waals surface area contributed by atoms with Crippen LogP contribution in [0, 0.1) is 0 Å². The minimum Gasteiger partial charge on any atom is -0.478 e. The molecule has 2 N–H and O–H groups in total. The van der Waals surface area contributed by atoms with Crippen molar-refractivity contribution in [1.29, 1.82) is 0 Å². The Kier molecular flexibility index (Phi) is 3.02. The average molecular weight is 222 g/mol. The van der Waals surface area contributed by atoms with Gasteiger partial charge in [-0.3, -0.25) is 0 Å². The first kappa shape index (κ1) is 10.4. The molecular formula is C10H10N2O4. The lowest BCUT2D eigenvalue weighted by Gasteiger charge is -1.97. The van der Waals surface area contributed by atoms with Gasteiger partial charge >= 0.3 is 5.97 Å². The molecule has 0 aliphatic carbocycles. The highest BCUT2D eigenvalue weighted by molar-refractivity contribution is 5.87. The summed E-state index contributed by atoms with van der Waals surface area (Å²) in [6, 6.07) is 3.23. The largest absolute Gasteiger partial charge is 0.478 e. The van der Waals surface area contributed by atoms with E-state index in [0.717, 1.165) is 0 Å². The van der Waals surface area contributed by atoms with Gasteiger partial charge < -0.3 is 19.4 Å². The number of furan rings is 1. The molecule has 0 aliphatic rings. The Morgan fingerprint density at radius 1 is 1.44 bits per heavy atom. The van der Waals surface area contributed by atoms with Gasteiger partial charge in [-0.2, -0.15) is 0 Å². The lowest BCUT2D eigenvalue weighted by atomic mass is 10.3. The molecule has 0 aromatic carbocycles. The van der Waals surface area contributed by atoms with E-state index in [1.54, 1.807) is 12.3 Å². The van der Waals surface area contributed by atoms with E-state index in [2.05, 4.69) is 10.5 Å². The van der Waals surface area contributed by atoms with E-state index in [1.165, 1.54) is 12.3 Å². The highest BCUT2D eigenvalue weighted by Crippen LogP contribution is 2.07. The predicted octanol–water partition coefficient (Wildman–Crippen LogP) is 1.26. The zero-order chi connectivity index (χ0) is 11.4. The molecule has 0 unspecified atom stereocenters. The number of rotatable bonds is 5. The van der Waals surface area contributed by atoms with E-state index >= 15 is 0 Å².